The number of hydrogen-bond donors (Lipinski definition) is 0. The highest BCUT2D eigenvalue weighted by Crippen LogP contribution is 2.51. The van der Waals surface area contributed by atoms with Crippen LogP contribution in [0.4, 0.5) is 0 Å². The first kappa shape index (κ1) is 43.3. The second-order valence-electron chi connectivity index (χ2n) is 9.05. The minimum atomic E-state index is 0.614. The van der Waals surface area contributed by atoms with Gasteiger partial charge in [0.25, 0.3) is 0 Å². The zero-order chi connectivity index (χ0) is 34.0. The molecule has 0 bridgehead atoms. The van der Waals surface area contributed by atoms with E-state index in [0.717, 1.165) is 114 Å². The summed E-state index contributed by atoms with van der Waals surface area (Å²) in [6.45, 7) is 0. The Morgan fingerprint density at radius 2 is 0.244 bits per heavy atom. The van der Waals surface area contributed by atoms with Crippen LogP contribution in [0.15, 0.2) is 80.5 Å². The van der Waals surface area contributed by atoms with E-state index in [1.54, 1.807) is 0 Å². The van der Waals surface area contributed by atoms with E-state index in [9.17, 15) is 0 Å². The first-order valence-corrected chi connectivity index (χ1v) is 25.8. The van der Waals surface area contributed by atoms with Crippen molar-refractivity contribution >= 4 is 287 Å². The Labute approximate surface area is 411 Å². The van der Waals surface area contributed by atoms with Gasteiger partial charge in [0.2, 0.25) is 0 Å². The molecule has 0 aliphatic heterocycles. The summed E-state index contributed by atoms with van der Waals surface area (Å²) in [6.07, 6.45) is 1.89. The largest absolute Gasteiger partial charge is 0.0492 e. The lowest BCUT2D eigenvalue weighted by molar-refractivity contribution is 1.05. The molecule has 0 amide bonds. The summed E-state index contributed by atoms with van der Waals surface area (Å²) in [7, 11) is 0. The molecule has 0 N–H and O–H groups in total. The van der Waals surface area contributed by atoms with E-state index in [1.165, 1.54) is 0 Å². The second kappa shape index (κ2) is 18.0. The Bertz CT molecular complexity index is 1660. The smallest absolute Gasteiger partial charge is 0.0482 e. The molecule has 4 aromatic carbocycles. The van der Waals surface area contributed by atoms with E-state index >= 15 is 0 Å². The molecule has 45 heavy (non-hydrogen) atoms. The molecule has 0 saturated heterocycles. The van der Waals surface area contributed by atoms with Crippen LogP contribution in [0.2, 0.25) is 0 Å². The van der Waals surface area contributed by atoms with Gasteiger partial charge in [-0.25, -0.2) is 0 Å². The van der Waals surface area contributed by atoms with Crippen molar-refractivity contribution in [3.63, 3.8) is 0 Å². The van der Waals surface area contributed by atoms with Crippen molar-refractivity contribution < 1.29 is 0 Å². The molecule has 240 valence electrons. The average Bonchev–Trinajstić information content (AvgIpc) is 3.01. The van der Waals surface area contributed by atoms with Gasteiger partial charge in [-0.1, -0.05) is 0 Å². The molecule has 0 aromatic heterocycles. The lowest BCUT2D eigenvalue weighted by atomic mass is 9.98. The van der Waals surface area contributed by atoms with E-state index in [-0.39, 0.29) is 0 Å². The molecule has 0 saturated carbocycles. The van der Waals surface area contributed by atoms with Gasteiger partial charge in [0.15, 0.2) is 0 Å². The first-order valence-electron chi connectivity index (χ1n) is 11.5. The molecule has 4 rings (SSSR count). The standard InChI is InChI=1S/C27H6Br18/c28-10-4(11(29)15(33)6(14(10)32)2-8-18(36)22(40)26(44)23(41)19(8)37)1-5-12(30)16(34)7(17(35)13(5)31)3-9-20(38)24(42)27(45)25(43)21(9)39/h1-3H2. The molecule has 0 heterocycles. The highest BCUT2D eigenvalue weighted by Gasteiger charge is 2.27. The monoisotopic (exact) mass is 1750 g/mol. The van der Waals surface area contributed by atoms with Gasteiger partial charge in [0.1, 0.15) is 0 Å². The normalized spacial score (nSPS) is 11.6. The number of hydrogen-bond acceptors (Lipinski definition) is 0. The summed E-state index contributed by atoms with van der Waals surface area (Å²) in [5, 5.41) is 0. The molecule has 18 heteroatoms. The van der Waals surface area contributed by atoms with Crippen molar-refractivity contribution in [3.8, 4) is 0 Å². The summed E-state index contributed by atoms with van der Waals surface area (Å²) >= 11 is 68.5. The predicted molar refractivity (Wildman–Crippen MR) is 253 cm³/mol. The van der Waals surface area contributed by atoms with Crippen LogP contribution in [0, 0.1) is 0 Å². The quantitative estimate of drug-likeness (QED) is 0.133. The molecule has 0 nitrogen and oxygen atoms in total. The second-order valence-corrected chi connectivity index (χ2v) is 23.3. The Morgan fingerprint density at radius 1 is 0.156 bits per heavy atom. The topological polar surface area (TPSA) is 0 Å². The molecular formula is C27H6Br18. The third-order valence-electron chi connectivity index (χ3n) is 6.55. The van der Waals surface area contributed by atoms with Crippen LogP contribution in [0.5, 0.6) is 0 Å². The third kappa shape index (κ3) is 8.68. The van der Waals surface area contributed by atoms with E-state index in [4.69, 9.17) is 0 Å². The third-order valence-corrected chi connectivity index (χ3v) is 28.2. The fourth-order valence-electron chi connectivity index (χ4n) is 4.21. The number of halogens is 18. The van der Waals surface area contributed by atoms with Gasteiger partial charge in [-0.3, -0.25) is 0 Å². The van der Waals surface area contributed by atoms with Crippen molar-refractivity contribution in [3.05, 3.63) is 114 Å². The van der Waals surface area contributed by atoms with Gasteiger partial charge in [-0.15, -0.1) is 0 Å². The average molecular weight is 1770 g/mol. The van der Waals surface area contributed by atoms with Crippen molar-refractivity contribution in [1.82, 2.24) is 0 Å². The lowest BCUT2D eigenvalue weighted by Crippen LogP contribution is -2.04. The maximum absolute atomic E-state index is 3.92. The summed E-state index contributed by atoms with van der Waals surface area (Å²) in [5.41, 5.74) is 6.49. The highest BCUT2D eigenvalue weighted by atomic mass is 79.9. The van der Waals surface area contributed by atoms with Crippen LogP contribution in [0.25, 0.3) is 0 Å². The maximum atomic E-state index is 3.92. The van der Waals surface area contributed by atoms with Gasteiger partial charge in [0, 0.05) is 99.8 Å². The van der Waals surface area contributed by atoms with Gasteiger partial charge in [0.05, 0.1) is 0 Å². The summed E-state index contributed by atoms with van der Waals surface area (Å²) in [4.78, 5) is 0. The van der Waals surface area contributed by atoms with Crippen LogP contribution >= 0.6 is 287 Å². The number of benzene rings is 4. The summed E-state index contributed by atoms with van der Waals surface area (Å²) in [6, 6.07) is 0. The summed E-state index contributed by atoms with van der Waals surface area (Å²) < 4.78 is 17.1. The fraction of sp³-hybridized carbons (Fsp3) is 0.111. The SMILES string of the molecule is Brc1c(Br)c(Br)c(Cc2c(Br)c(Br)c(Cc3c(Br)c(Br)c(Cc4c(Br)c(Br)c(Br)c(Br)c4Br)c(Br)c3Br)c(Br)c2Br)c(Br)c1Br. The van der Waals surface area contributed by atoms with Crippen LogP contribution in [0.1, 0.15) is 33.4 Å². The molecule has 0 atom stereocenters. The summed E-state index contributed by atoms with van der Waals surface area (Å²) in [5.74, 6) is 0. The van der Waals surface area contributed by atoms with Gasteiger partial charge in [-0.05, 0) is 320 Å². The van der Waals surface area contributed by atoms with Crippen molar-refractivity contribution in [2.24, 2.45) is 0 Å². The highest BCUT2D eigenvalue weighted by molar-refractivity contribution is 9.17. The maximum Gasteiger partial charge on any atom is 0.0482 e. The van der Waals surface area contributed by atoms with Gasteiger partial charge in [-0.2, -0.15) is 0 Å². The molecule has 0 unspecified atom stereocenters. The molecule has 0 fully saturated rings. The zero-order valence-electron chi connectivity index (χ0n) is 20.9. The van der Waals surface area contributed by atoms with Crippen LogP contribution in [-0.2, 0) is 19.3 Å². The van der Waals surface area contributed by atoms with Gasteiger partial charge >= 0.3 is 0 Å². The zero-order valence-corrected chi connectivity index (χ0v) is 49.5. The van der Waals surface area contributed by atoms with Crippen molar-refractivity contribution in [2.75, 3.05) is 0 Å². The molecule has 0 aliphatic rings. The Balaban J connectivity index is 1.81. The minimum absolute atomic E-state index is 0.614. The van der Waals surface area contributed by atoms with E-state index in [2.05, 4.69) is 287 Å². The predicted octanol–water partition coefficient (Wildman–Crippen LogP) is 20.2. The van der Waals surface area contributed by atoms with Crippen molar-refractivity contribution in [2.45, 2.75) is 19.3 Å². The van der Waals surface area contributed by atoms with Gasteiger partial charge < -0.3 is 0 Å². The minimum Gasteiger partial charge on any atom is -0.0492 e. The van der Waals surface area contributed by atoms with E-state index < -0.39 is 0 Å². The Hall–Kier alpha value is 5.52. The molecule has 0 radical (unpaired) electrons. The number of rotatable bonds is 6. The Morgan fingerprint density at radius 3 is 0.378 bits per heavy atom. The van der Waals surface area contributed by atoms with Crippen LogP contribution < -0.4 is 0 Å². The lowest BCUT2D eigenvalue weighted by Gasteiger charge is -2.22. The first-order chi connectivity index (χ1) is 20.8. The molecular weight excluding hydrogens is 1760 g/mol. The molecule has 0 aliphatic carbocycles. The molecule has 4 aromatic rings. The van der Waals surface area contributed by atoms with E-state index in [0.29, 0.717) is 19.3 Å². The van der Waals surface area contributed by atoms with Crippen molar-refractivity contribution in [1.29, 1.82) is 0 Å². The van der Waals surface area contributed by atoms with Crippen LogP contribution in [-0.4, -0.2) is 0 Å². The fourth-order valence-corrected chi connectivity index (χ4v) is 16.7. The Kier molecular flexibility index (Phi) is 17.3. The van der Waals surface area contributed by atoms with Crippen LogP contribution in [0.3, 0.4) is 0 Å². The van der Waals surface area contributed by atoms with E-state index in [1.807, 2.05) is 0 Å². The molecule has 0 spiro atoms.